The van der Waals surface area contributed by atoms with Crippen molar-refractivity contribution < 1.29 is 4.79 Å². The minimum Gasteiger partial charge on any atom is -0.348 e. The van der Waals surface area contributed by atoms with Crippen LogP contribution in [0.15, 0.2) is 24.3 Å². The zero-order chi connectivity index (χ0) is 12.3. The molecule has 0 aromatic heterocycles. The van der Waals surface area contributed by atoms with Crippen molar-refractivity contribution in [3.63, 3.8) is 0 Å². The predicted molar refractivity (Wildman–Crippen MR) is 67.8 cm³/mol. The number of amides is 1. The lowest BCUT2D eigenvalue weighted by atomic mass is 9.99. The lowest BCUT2D eigenvalue weighted by Gasteiger charge is -2.11. The van der Waals surface area contributed by atoms with Crippen LogP contribution in [0.3, 0.4) is 0 Å². The summed E-state index contributed by atoms with van der Waals surface area (Å²) < 4.78 is 0. The van der Waals surface area contributed by atoms with Crippen LogP contribution in [0.5, 0.6) is 0 Å². The SMILES string of the molecule is C=C(C)CNC(=O)c1c(C)cc(C)cc1C. The van der Waals surface area contributed by atoms with E-state index in [2.05, 4.69) is 11.9 Å². The molecule has 0 heterocycles. The standard InChI is InChI=1S/C14H19NO/c1-9(2)8-15-14(16)13-11(4)6-10(3)7-12(13)5/h6-7H,1,8H2,2-5H3,(H,15,16). The van der Waals surface area contributed by atoms with Gasteiger partial charge in [-0.05, 0) is 38.8 Å². The number of hydrogen-bond acceptors (Lipinski definition) is 1. The summed E-state index contributed by atoms with van der Waals surface area (Å²) in [6.07, 6.45) is 0. The largest absolute Gasteiger partial charge is 0.348 e. The Bertz CT molecular complexity index is 409. The van der Waals surface area contributed by atoms with E-state index < -0.39 is 0 Å². The number of hydrogen-bond donors (Lipinski definition) is 1. The molecule has 0 aliphatic rings. The summed E-state index contributed by atoms with van der Waals surface area (Å²) in [7, 11) is 0. The summed E-state index contributed by atoms with van der Waals surface area (Å²) in [5.74, 6) is -0.0157. The van der Waals surface area contributed by atoms with Gasteiger partial charge in [0.05, 0.1) is 0 Å². The van der Waals surface area contributed by atoms with Gasteiger partial charge in [-0.15, -0.1) is 0 Å². The summed E-state index contributed by atoms with van der Waals surface area (Å²) in [4.78, 5) is 11.9. The topological polar surface area (TPSA) is 29.1 Å². The van der Waals surface area contributed by atoms with Crippen LogP contribution in [0.1, 0.15) is 34.0 Å². The van der Waals surface area contributed by atoms with E-state index in [1.54, 1.807) is 0 Å². The highest BCUT2D eigenvalue weighted by Crippen LogP contribution is 2.16. The number of aryl methyl sites for hydroxylation is 3. The van der Waals surface area contributed by atoms with E-state index in [0.29, 0.717) is 6.54 Å². The Balaban J connectivity index is 2.95. The summed E-state index contributed by atoms with van der Waals surface area (Å²) in [5, 5.41) is 2.86. The van der Waals surface area contributed by atoms with E-state index in [-0.39, 0.29) is 5.91 Å². The fourth-order valence-corrected chi connectivity index (χ4v) is 1.86. The summed E-state index contributed by atoms with van der Waals surface area (Å²) >= 11 is 0. The third kappa shape index (κ3) is 2.96. The molecule has 2 heteroatoms. The molecule has 0 aliphatic carbocycles. The van der Waals surface area contributed by atoms with Crippen LogP contribution in [-0.2, 0) is 0 Å². The second-order valence-corrected chi connectivity index (χ2v) is 4.41. The molecular weight excluding hydrogens is 198 g/mol. The normalized spacial score (nSPS) is 10.0. The zero-order valence-corrected chi connectivity index (χ0v) is 10.5. The fraction of sp³-hybridized carbons (Fsp3) is 0.357. The maximum atomic E-state index is 11.9. The fourth-order valence-electron chi connectivity index (χ4n) is 1.86. The molecular formula is C14H19NO. The molecule has 0 aliphatic heterocycles. The van der Waals surface area contributed by atoms with E-state index in [4.69, 9.17) is 0 Å². The molecule has 0 atom stereocenters. The van der Waals surface area contributed by atoms with Crippen molar-refractivity contribution in [1.29, 1.82) is 0 Å². The molecule has 0 radical (unpaired) electrons. The molecule has 2 nitrogen and oxygen atoms in total. The third-order valence-corrected chi connectivity index (χ3v) is 2.45. The first-order valence-corrected chi connectivity index (χ1v) is 5.42. The van der Waals surface area contributed by atoms with Crippen LogP contribution in [0, 0.1) is 20.8 Å². The molecule has 1 N–H and O–H groups in total. The lowest BCUT2D eigenvalue weighted by molar-refractivity contribution is 0.0956. The molecule has 0 fully saturated rings. The van der Waals surface area contributed by atoms with Crippen molar-refractivity contribution in [3.8, 4) is 0 Å². The zero-order valence-electron chi connectivity index (χ0n) is 10.5. The van der Waals surface area contributed by atoms with Crippen LogP contribution in [0.4, 0.5) is 0 Å². The van der Waals surface area contributed by atoms with E-state index in [0.717, 1.165) is 22.3 Å². The van der Waals surface area contributed by atoms with Gasteiger partial charge in [-0.1, -0.05) is 29.8 Å². The van der Waals surface area contributed by atoms with E-state index in [1.807, 2.05) is 39.8 Å². The van der Waals surface area contributed by atoms with Crippen molar-refractivity contribution in [2.45, 2.75) is 27.7 Å². The van der Waals surface area contributed by atoms with Crippen molar-refractivity contribution in [2.75, 3.05) is 6.54 Å². The van der Waals surface area contributed by atoms with Gasteiger partial charge < -0.3 is 5.32 Å². The van der Waals surface area contributed by atoms with Gasteiger partial charge in [0.25, 0.3) is 5.91 Å². The van der Waals surface area contributed by atoms with Gasteiger partial charge in [0.15, 0.2) is 0 Å². The molecule has 0 saturated heterocycles. The molecule has 0 unspecified atom stereocenters. The molecule has 1 amide bonds. The summed E-state index contributed by atoms with van der Waals surface area (Å²) in [5.41, 5.74) is 4.97. The van der Waals surface area contributed by atoms with Gasteiger partial charge in [-0.3, -0.25) is 4.79 Å². The number of nitrogens with one attached hydrogen (secondary N) is 1. The Morgan fingerprint density at radius 2 is 1.75 bits per heavy atom. The second-order valence-electron chi connectivity index (χ2n) is 4.41. The van der Waals surface area contributed by atoms with Crippen LogP contribution >= 0.6 is 0 Å². The first-order chi connectivity index (χ1) is 7.41. The lowest BCUT2D eigenvalue weighted by Crippen LogP contribution is -2.26. The average Bonchev–Trinajstić information content (AvgIpc) is 2.12. The molecule has 16 heavy (non-hydrogen) atoms. The van der Waals surface area contributed by atoms with Crippen molar-refractivity contribution in [3.05, 3.63) is 46.5 Å². The van der Waals surface area contributed by atoms with Crippen LogP contribution in [0.25, 0.3) is 0 Å². The molecule has 1 rings (SSSR count). The minimum absolute atomic E-state index is 0.0157. The van der Waals surface area contributed by atoms with Gasteiger partial charge in [-0.25, -0.2) is 0 Å². The first kappa shape index (κ1) is 12.5. The predicted octanol–water partition coefficient (Wildman–Crippen LogP) is 2.92. The number of carbonyl (C=O) groups excluding carboxylic acids is 1. The molecule has 0 bridgehead atoms. The van der Waals surface area contributed by atoms with Crippen LogP contribution < -0.4 is 5.32 Å². The van der Waals surface area contributed by atoms with Crippen LogP contribution in [0.2, 0.25) is 0 Å². The summed E-state index contributed by atoms with van der Waals surface area (Å²) in [6, 6.07) is 4.06. The third-order valence-electron chi connectivity index (χ3n) is 2.45. The smallest absolute Gasteiger partial charge is 0.252 e. The Morgan fingerprint density at radius 1 is 1.25 bits per heavy atom. The highest BCUT2D eigenvalue weighted by Gasteiger charge is 2.11. The average molecular weight is 217 g/mol. The number of carbonyl (C=O) groups is 1. The Morgan fingerprint density at radius 3 is 2.19 bits per heavy atom. The van der Waals surface area contributed by atoms with E-state index in [1.165, 1.54) is 5.56 Å². The van der Waals surface area contributed by atoms with Crippen molar-refractivity contribution in [2.24, 2.45) is 0 Å². The Hall–Kier alpha value is -1.57. The quantitative estimate of drug-likeness (QED) is 0.775. The van der Waals surface area contributed by atoms with Gasteiger partial charge in [-0.2, -0.15) is 0 Å². The number of benzene rings is 1. The Kier molecular flexibility index (Phi) is 3.88. The highest BCUT2D eigenvalue weighted by molar-refractivity contribution is 5.97. The maximum Gasteiger partial charge on any atom is 0.252 e. The van der Waals surface area contributed by atoms with Gasteiger partial charge in [0.1, 0.15) is 0 Å². The summed E-state index contributed by atoms with van der Waals surface area (Å²) in [6.45, 7) is 12.2. The first-order valence-electron chi connectivity index (χ1n) is 5.42. The van der Waals surface area contributed by atoms with Gasteiger partial charge in [0.2, 0.25) is 0 Å². The van der Waals surface area contributed by atoms with Gasteiger partial charge >= 0.3 is 0 Å². The molecule has 0 spiro atoms. The van der Waals surface area contributed by atoms with Gasteiger partial charge in [0, 0.05) is 12.1 Å². The Labute approximate surface area is 97.4 Å². The van der Waals surface area contributed by atoms with E-state index >= 15 is 0 Å². The monoisotopic (exact) mass is 217 g/mol. The maximum absolute atomic E-state index is 11.9. The minimum atomic E-state index is -0.0157. The molecule has 1 aromatic rings. The highest BCUT2D eigenvalue weighted by atomic mass is 16.1. The van der Waals surface area contributed by atoms with Crippen LogP contribution in [-0.4, -0.2) is 12.5 Å². The molecule has 1 aromatic carbocycles. The molecule has 86 valence electrons. The second kappa shape index (κ2) is 4.97. The molecule has 0 saturated carbocycles. The van der Waals surface area contributed by atoms with E-state index in [9.17, 15) is 4.79 Å². The van der Waals surface area contributed by atoms with Crippen molar-refractivity contribution >= 4 is 5.91 Å². The number of rotatable bonds is 3. The van der Waals surface area contributed by atoms with Crippen molar-refractivity contribution in [1.82, 2.24) is 5.32 Å².